The maximum atomic E-state index is 13.0. The predicted molar refractivity (Wildman–Crippen MR) is 151 cm³/mol. The molecule has 0 aliphatic rings. The van der Waals surface area contributed by atoms with Crippen molar-refractivity contribution in [3.05, 3.63) is 113 Å². The summed E-state index contributed by atoms with van der Waals surface area (Å²) in [6, 6.07) is 26.7. The van der Waals surface area contributed by atoms with Crippen molar-refractivity contribution in [2.24, 2.45) is 0 Å². The van der Waals surface area contributed by atoms with Crippen LogP contribution in [-0.4, -0.2) is 47.7 Å². The molecule has 0 amide bonds. The van der Waals surface area contributed by atoms with Crippen LogP contribution in [0.5, 0.6) is 5.88 Å². The highest BCUT2D eigenvalue weighted by Gasteiger charge is 2.43. The topological polar surface area (TPSA) is 58.5 Å². The summed E-state index contributed by atoms with van der Waals surface area (Å²) in [4.78, 5) is 11.3. The predicted octanol–water partition coefficient (Wildman–Crippen LogP) is 6.34. The van der Waals surface area contributed by atoms with Gasteiger partial charge in [-0.15, -0.1) is 11.3 Å². The molecule has 0 spiro atoms. The lowest BCUT2D eigenvalue weighted by atomic mass is 9.70. The molecular weight excluding hydrogens is 478 g/mol. The molecule has 5 rings (SSSR count). The van der Waals surface area contributed by atoms with Gasteiger partial charge in [-0.25, -0.2) is 9.97 Å². The third-order valence-electron chi connectivity index (χ3n) is 6.92. The number of hydrogen-bond acceptors (Lipinski definition) is 6. The first-order chi connectivity index (χ1) is 18.0. The summed E-state index contributed by atoms with van der Waals surface area (Å²) >= 11 is 1.55. The Bertz CT molecular complexity index is 1470. The minimum atomic E-state index is -1.26. The van der Waals surface area contributed by atoms with E-state index in [-0.39, 0.29) is 0 Å². The molecule has 0 radical (unpaired) electrons. The summed E-state index contributed by atoms with van der Waals surface area (Å²) in [6.07, 6.45) is 2.30. The van der Waals surface area contributed by atoms with Crippen LogP contribution >= 0.6 is 11.3 Å². The number of ether oxygens (including phenoxy) is 1. The number of aromatic nitrogens is 2. The molecule has 1 N–H and O–H groups in total. The lowest BCUT2D eigenvalue weighted by Gasteiger charge is -2.39. The molecule has 188 valence electrons. The maximum absolute atomic E-state index is 13.0. The van der Waals surface area contributed by atoms with E-state index in [0.29, 0.717) is 18.8 Å². The molecule has 0 saturated heterocycles. The van der Waals surface area contributed by atoms with Gasteiger partial charge in [-0.3, -0.25) is 0 Å². The molecule has 0 aliphatic carbocycles. The van der Waals surface area contributed by atoms with Crippen molar-refractivity contribution in [1.29, 1.82) is 0 Å². The molecule has 6 heteroatoms. The fraction of sp³-hybridized carbons (Fsp3) is 0.226. The zero-order valence-corrected chi connectivity index (χ0v) is 22.2. The van der Waals surface area contributed by atoms with E-state index in [0.717, 1.165) is 38.7 Å². The van der Waals surface area contributed by atoms with Crippen LogP contribution < -0.4 is 4.74 Å². The van der Waals surface area contributed by atoms with Crippen LogP contribution in [0.2, 0.25) is 0 Å². The largest absolute Gasteiger partial charge is 0.481 e. The molecule has 2 heterocycles. The van der Waals surface area contributed by atoms with Gasteiger partial charge < -0.3 is 14.7 Å². The molecular formula is C31H31N3O2S. The first kappa shape index (κ1) is 25.1. The molecule has 2 unspecified atom stereocenters. The molecule has 0 fully saturated rings. The van der Waals surface area contributed by atoms with Crippen LogP contribution in [0.1, 0.15) is 29.0 Å². The smallest absolute Gasteiger partial charge is 0.217 e. The molecule has 3 aromatic carbocycles. The van der Waals surface area contributed by atoms with Crippen LogP contribution in [0, 0.1) is 0 Å². The van der Waals surface area contributed by atoms with Crippen molar-refractivity contribution < 1.29 is 9.84 Å². The Morgan fingerprint density at radius 2 is 1.73 bits per heavy atom. The van der Waals surface area contributed by atoms with E-state index >= 15 is 0 Å². The number of rotatable bonds is 9. The molecule has 2 atom stereocenters. The van der Waals surface area contributed by atoms with Gasteiger partial charge in [0.1, 0.15) is 5.60 Å². The number of thiazole rings is 1. The summed E-state index contributed by atoms with van der Waals surface area (Å²) in [5.74, 6) is 0.0526. The van der Waals surface area contributed by atoms with E-state index in [9.17, 15) is 5.11 Å². The molecule has 5 nitrogen and oxygen atoms in total. The zero-order chi connectivity index (χ0) is 25.8. The van der Waals surface area contributed by atoms with Gasteiger partial charge in [0, 0.05) is 35.2 Å². The Kier molecular flexibility index (Phi) is 7.33. The number of fused-ring (bicyclic) bond motifs is 1. The summed E-state index contributed by atoms with van der Waals surface area (Å²) in [6.45, 7) is 0.699. The zero-order valence-electron chi connectivity index (χ0n) is 21.3. The summed E-state index contributed by atoms with van der Waals surface area (Å²) in [5, 5.41) is 17.2. The number of hydrogen-bond donors (Lipinski definition) is 1. The van der Waals surface area contributed by atoms with Crippen LogP contribution in [0.15, 0.2) is 96.0 Å². The van der Waals surface area contributed by atoms with E-state index in [4.69, 9.17) is 4.74 Å². The van der Waals surface area contributed by atoms with Crippen molar-refractivity contribution in [2.75, 3.05) is 27.7 Å². The van der Waals surface area contributed by atoms with Crippen molar-refractivity contribution in [1.82, 2.24) is 14.9 Å². The quantitative estimate of drug-likeness (QED) is 0.251. The highest BCUT2D eigenvalue weighted by Crippen LogP contribution is 2.48. The van der Waals surface area contributed by atoms with Crippen LogP contribution in [0.4, 0.5) is 0 Å². The van der Waals surface area contributed by atoms with Gasteiger partial charge in [-0.05, 0) is 48.5 Å². The number of nitrogens with zero attached hydrogens (tertiary/aromatic N) is 3. The maximum Gasteiger partial charge on any atom is 0.217 e. The van der Waals surface area contributed by atoms with E-state index in [1.54, 1.807) is 24.6 Å². The Labute approximate surface area is 222 Å². The molecule has 37 heavy (non-hydrogen) atoms. The Morgan fingerprint density at radius 1 is 0.973 bits per heavy atom. The van der Waals surface area contributed by atoms with E-state index in [1.165, 1.54) is 0 Å². The second-order valence-corrected chi connectivity index (χ2v) is 10.3. The van der Waals surface area contributed by atoms with E-state index < -0.39 is 11.5 Å². The van der Waals surface area contributed by atoms with Crippen LogP contribution in [0.3, 0.4) is 0 Å². The standard InChI is InChI=1S/C31H31N3O2S/c1-34(2)17-16-31(35,27-15-9-13-22-10-7-8-14-25(22)27)29(23-11-5-4-6-12-23)26-18-24(19-32-30(26)36-3)28-20-37-21-33-28/h4-15,18-21,29,35H,16-17H2,1-3H3. The lowest BCUT2D eigenvalue weighted by Crippen LogP contribution is -2.38. The summed E-state index contributed by atoms with van der Waals surface area (Å²) in [5.41, 5.74) is 5.02. The fourth-order valence-electron chi connectivity index (χ4n) is 5.13. The minimum Gasteiger partial charge on any atom is -0.481 e. The molecule has 5 aromatic rings. The summed E-state index contributed by atoms with van der Waals surface area (Å²) < 4.78 is 5.81. The summed E-state index contributed by atoms with van der Waals surface area (Å²) in [7, 11) is 5.70. The van der Waals surface area contributed by atoms with Crippen molar-refractivity contribution in [2.45, 2.75) is 17.9 Å². The van der Waals surface area contributed by atoms with Crippen molar-refractivity contribution >= 4 is 22.1 Å². The number of aliphatic hydroxyl groups is 1. The normalized spacial score (nSPS) is 14.0. The SMILES string of the molecule is COc1ncc(-c2cscn2)cc1C(c1ccccc1)C(O)(CCN(C)C)c1cccc2ccccc12. The monoisotopic (exact) mass is 509 g/mol. The van der Waals surface area contributed by atoms with Gasteiger partial charge in [0.25, 0.3) is 0 Å². The van der Waals surface area contributed by atoms with E-state index in [2.05, 4.69) is 57.3 Å². The highest BCUT2D eigenvalue weighted by atomic mass is 32.1. The molecule has 2 aromatic heterocycles. The molecule has 0 bridgehead atoms. The second kappa shape index (κ2) is 10.8. The first-order valence-electron chi connectivity index (χ1n) is 12.3. The molecule has 0 saturated carbocycles. The number of benzene rings is 3. The van der Waals surface area contributed by atoms with Gasteiger partial charge in [0.15, 0.2) is 0 Å². The Hall–Kier alpha value is -3.58. The number of pyridine rings is 1. The first-order valence-corrected chi connectivity index (χ1v) is 13.3. The van der Waals surface area contributed by atoms with Crippen molar-refractivity contribution in [3.8, 4) is 17.1 Å². The third kappa shape index (κ3) is 5.01. The van der Waals surface area contributed by atoms with Crippen molar-refractivity contribution in [3.63, 3.8) is 0 Å². The number of methoxy groups -OCH3 is 1. The molecule has 0 aliphatic heterocycles. The van der Waals surface area contributed by atoms with Crippen LogP contribution in [0.25, 0.3) is 22.0 Å². The van der Waals surface area contributed by atoms with Gasteiger partial charge in [0.2, 0.25) is 5.88 Å². The van der Waals surface area contributed by atoms with Gasteiger partial charge >= 0.3 is 0 Å². The van der Waals surface area contributed by atoms with Gasteiger partial charge in [-0.1, -0.05) is 72.8 Å². The minimum absolute atomic E-state index is 0.444. The van der Waals surface area contributed by atoms with Gasteiger partial charge in [0.05, 0.1) is 18.3 Å². The second-order valence-electron chi connectivity index (χ2n) is 9.54. The fourth-order valence-corrected chi connectivity index (χ4v) is 5.69. The Morgan fingerprint density at radius 3 is 2.46 bits per heavy atom. The third-order valence-corrected chi connectivity index (χ3v) is 7.50. The Balaban J connectivity index is 1.81. The lowest BCUT2D eigenvalue weighted by molar-refractivity contribution is 0.00517. The van der Waals surface area contributed by atoms with Crippen LogP contribution in [-0.2, 0) is 5.60 Å². The highest BCUT2D eigenvalue weighted by molar-refractivity contribution is 7.07. The van der Waals surface area contributed by atoms with E-state index in [1.807, 2.05) is 61.4 Å². The van der Waals surface area contributed by atoms with Gasteiger partial charge in [-0.2, -0.15) is 0 Å². The average Bonchev–Trinajstić information content (AvgIpc) is 3.47. The average molecular weight is 510 g/mol.